The van der Waals surface area contributed by atoms with E-state index in [1.54, 1.807) is 37.8 Å². The molecule has 8 heteroatoms. The van der Waals surface area contributed by atoms with E-state index < -0.39 is 6.17 Å². The van der Waals surface area contributed by atoms with Gasteiger partial charge in [0.15, 0.2) is 6.17 Å². The molecule has 0 saturated carbocycles. The SMILES string of the molecule is COc1cc(C(N=N)n2cccc(Br)c2=O)ccc1-n1cnc(C)c1. The van der Waals surface area contributed by atoms with Gasteiger partial charge in [-0.15, -0.1) is 0 Å². The van der Waals surface area contributed by atoms with Gasteiger partial charge in [-0.25, -0.2) is 10.5 Å². The van der Waals surface area contributed by atoms with E-state index in [9.17, 15) is 4.79 Å². The molecule has 0 saturated heterocycles. The fourth-order valence-electron chi connectivity index (χ4n) is 2.59. The number of aryl methyl sites for hydroxylation is 1. The Balaban J connectivity index is 2.09. The van der Waals surface area contributed by atoms with Gasteiger partial charge < -0.3 is 9.30 Å². The third-order valence-electron chi connectivity index (χ3n) is 3.81. The Morgan fingerprint density at radius 3 is 2.80 bits per heavy atom. The normalized spacial score (nSPS) is 12.0. The number of benzene rings is 1. The maximum atomic E-state index is 12.3. The third-order valence-corrected chi connectivity index (χ3v) is 4.41. The van der Waals surface area contributed by atoms with Gasteiger partial charge in [0.2, 0.25) is 0 Å². The molecule has 3 aromatic rings. The highest BCUT2D eigenvalue weighted by Crippen LogP contribution is 2.29. The standard InChI is InChI=1S/C17H16BrN5O2/c1-11-9-22(10-20-11)14-6-5-12(8-15(14)25-2)16(21-19)23-7-3-4-13(18)17(23)24/h3-10,16,19H,1-2H3. The number of ether oxygens (including phenoxy) is 1. The van der Waals surface area contributed by atoms with Crippen LogP contribution in [0.5, 0.6) is 5.75 Å². The third kappa shape index (κ3) is 3.25. The predicted octanol–water partition coefficient (Wildman–Crippen LogP) is 3.69. The summed E-state index contributed by atoms with van der Waals surface area (Å²) in [6.07, 6.45) is 4.44. The summed E-state index contributed by atoms with van der Waals surface area (Å²) < 4.78 is 9.16. The molecule has 7 nitrogen and oxygen atoms in total. The van der Waals surface area contributed by atoms with Crippen LogP contribution in [0.15, 0.2) is 63.4 Å². The number of methoxy groups -OCH3 is 1. The Hall–Kier alpha value is -2.74. The van der Waals surface area contributed by atoms with Crippen LogP contribution in [0.1, 0.15) is 17.4 Å². The summed E-state index contributed by atoms with van der Waals surface area (Å²) in [5.41, 5.74) is 9.68. The zero-order chi connectivity index (χ0) is 18.0. The van der Waals surface area contributed by atoms with Crippen molar-refractivity contribution < 1.29 is 4.74 Å². The minimum atomic E-state index is -0.766. The summed E-state index contributed by atoms with van der Waals surface area (Å²) in [6.45, 7) is 1.91. The number of pyridine rings is 1. The molecule has 2 aromatic heterocycles. The Bertz CT molecular complexity index is 979. The van der Waals surface area contributed by atoms with E-state index in [4.69, 9.17) is 10.3 Å². The van der Waals surface area contributed by atoms with Crippen molar-refractivity contribution >= 4 is 15.9 Å². The van der Waals surface area contributed by atoms with Gasteiger partial charge in [-0.2, -0.15) is 5.11 Å². The first-order valence-electron chi connectivity index (χ1n) is 7.47. The topological polar surface area (TPSA) is 85.3 Å². The lowest BCUT2D eigenvalue weighted by molar-refractivity contribution is 0.411. The number of halogens is 1. The summed E-state index contributed by atoms with van der Waals surface area (Å²) in [6, 6.07) is 8.84. The molecule has 0 bridgehead atoms. The number of hydrogen-bond acceptors (Lipinski definition) is 5. The van der Waals surface area contributed by atoms with Crippen LogP contribution in [0, 0.1) is 12.5 Å². The van der Waals surface area contributed by atoms with Crippen molar-refractivity contribution in [3.63, 3.8) is 0 Å². The van der Waals surface area contributed by atoms with Crippen molar-refractivity contribution in [2.24, 2.45) is 5.11 Å². The van der Waals surface area contributed by atoms with E-state index in [0.717, 1.165) is 11.4 Å². The van der Waals surface area contributed by atoms with E-state index in [-0.39, 0.29) is 5.56 Å². The molecule has 3 rings (SSSR count). The average Bonchev–Trinajstić information content (AvgIpc) is 3.05. The van der Waals surface area contributed by atoms with Crippen LogP contribution < -0.4 is 10.3 Å². The van der Waals surface area contributed by atoms with Crippen molar-refractivity contribution in [2.45, 2.75) is 13.1 Å². The lowest BCUT2D eigenvalue weighted by Crippen LogP contribution is -2.24. The molecule has 128 valence electrons. The van der Waals surface area contributed by atoms with Gasteiger partial charge in [0, 0.05) is 18.0 Å². The van der Waals surface area contributed by atoms with Gasteiger partial charge in [-0.1, -0.05) is 6.07 Å². The van der Waals surface area contributed by atoms with Gasteiger partial charge in [0.1, 0.15) is 5.75 Å². The fourth-order valence-corrected chi connectivity index (χ4v) is 2.95. The van der Waals surface area contributed by atoms with Crippen molar-refractivity contribution in [1.29, 1.82) is 5.53 Å². The van der Waals surface area contributed by atoms with Crippen molar-refractivity contribution in [1.82, 2.24) is 14.1 Å². The summed E-state index contributed by atoms with van der Waals surface area (Å²) in [5.74, 6) is 0.603. The summed E-state index contributed by atoms with van der Waals surface area (Å²) in [4.78, 5) is 16.5. The van der Waals surface area contributed by atoms with Crippen LogP contribution in [-0.2, 0) is 0 Å². The Morgan fingerprint density at radius 2 is 2.16 bits per heavy atom. The zero-order valence-electron chi connectivity index (χ0n) is 13.7. The first kappa shape index (κ1) is 17.1. The minimum Gasteiger partial charge on any atom is -0.495 e. The number of rotatable bonds is 5. The van der Waals surface area contributed by atoms with Gasteiger partial charge in [0.25, 0.3) is 5.56 Å². The molecule has 25 heavy (non-hydrogen) atoms. The largest absolute Gasteiger partial charge is 0.495 e. The molecule has 1 unspecified atom stereocenters. The van der Waals surface area contributed by atoms with Crippen LogP contribution in [0.4, 0.5) is 0 Å². The van der Waals surface area contributed by atoms with Gasteiger partial charge in [0.05, 0.1) is 29.3 Å². The number of aromatic nitrogens is 3. The molecule has 0 spiro atoms. The highest BCUT2D eigenvalue weighted by molar-refractivity contribution is 9.10. The van der Waals surface area contributed by atoms with Crippen LogP contribution in [-0.4, -0.2) is 21.2 Å². The van der Waals surface area contributed by atoms with E-state index in [2.05, 4.69) is 26.0 Å². The number of imidazole rings is 1. The Morgan fingerprint density at radius 1 is 1.36 bits per heavy atom. The molecule has 0 amide bonds. The second-order valence-corrected chi connectivity index (χ2v) is 6.28. The molecule has 0 aliphatic carbocycles. The van der Waals surface area contributed by atoms with Crippen molar-refractivity contribution in [2.75, 3.05) is 7.11 Å². The number of nitrogens with zero attached hydrogens (tertiary/aromatic N) is 4. The van der Waals surface area contributed by atoms with Crippen LogP contribution in [0.2, 0.25) is 0 Å². The monoisotopic (exact) mass is 401 g/mol. The molecule has 0 radical (unpaired) electrons. The Labute approximate surface area is 152 Å². The number of nitrogens with one attached hydrogen (secondary N) is 1. The highest BCUT2D eigenvalue weighted by Gasteiger charge is 2.17. The van der Waals surface area contributed by atoms with Crippen molar-refractivity contribution in [3.05, 3.63) is 75.1 Å². The second kappa shape index (κ2) is 7.02. The predicted molar refractivity (Wildman–Crippen MR) is 96.5 cm³/mol. The molecular formula is C17H16BrN5O2. The van der Waals surface area contributed by atoms with Crippen molar-refractivity contribution in [3.8, 4) is 11.4 Å². The Kier molecular flexibility index (Phi) is 4.80. The van der Waals surface area contributed by atoms with Crippen LogP contribution in [0.3, 0.4) is 0 Å². The lowest BCUT2D eigenvalue weighted by atomic mass is 10.1. The highest BCUT2D eigenvalue weighted by atomic mass is 79.9. The first-order chi connectivity index (χ1) is 12.0. The summed E-state index contributed by atoms with van der Waals surface area (Å²) >= 11 is 3.22. The lowest BCUT2D eigenvalue weighted by Gasteiger charge is -2.17. The fraction of sp³-hybridized carbons (Fsp3) is 0.176. The zero-order valence-corrected chi connectivity index (χ0v) is 15.3. The molecular weight excluding hydrogens is 386 g/mol. The van der Waals surface area contributed by atoms with Gasteiger partial charge in [-0.05, 0) is 47.1 Å². The van der Waals surface area contributed by atoms with E-state index in [1.807, 2.05) is 29.8 Å². The second-order valence-electron chi connectivity index (χ2n) is 5.42. The average molecular weight is 402 g/mol. The maximum absolute atomic E-state index is 12.3. The minimum absolute atomic E-state index is 0.253. The smallest absolute Gasteiger partial charge is 0.266 e. The molecule has 1 N–H and O–H groups in total. The summed E-state index contributed by atoms with van der Waals surface area (Å²) in [5, 5.41) is 3.63. The van der Waals surface area contributed by atoms with Gasteiger partial charge >= 0.3 is 0 Å². The van der Waals surface area contributed by atoms with Gasteiger partial charge in [-0.3, -0.25) is 9.36 Å². The van der Waals surface area contributed by atoms with Crippen LogP contribution in [0.25, 0.3) is 5.69 Å². The first-order valence-corrected chi connectivity index (χ1v) is 8.26. The molecule has 2 heterocycles. The number of hydrogen-bond donors (Lipinski definition) is 1. The molecule has 1 aromatic carbocycles. The molecule has 1 atom stereocenters. The summed E-state index contributed by atoms with van der Waals surface area (Å²) in [7, 11) is 1.57. The van der Waals surface area contributed by atoms with E-state index in [0.29, 0.717) is 15.8 Å². The quantitative estimate of drug-likeness (QED) is 0.661. The molecule has 0 aliphatic heterocycles. The van der Waals surface area contributed by atoms with E-state index in [1.165, 1.54) is 4.57 Å². The maximum Gasteiger partial charge on any atom is 0.266 e. The molecule has 0 aliphatic rings. The molecule has 0 fully saturated rings. The van der Waals surface area contributed by atoms with Crippen LogP contribution >= 0.6 is 15.9 Å². The van der Waals surface area contributed by atoms with E-state index >= 15 is 0 Å².